The second kappa shape index (κ2) is 7.05. The number of hydrogen-bond acceptors (Lipinski definition) is 2. The summed E-state index contributed by atoms with van der Waals surface area (Å²) in [5.74, 6) is -0.498. The van der Waals surface area contributed by atoms with Crippen molar-refractivity contribution in [2.24, 2.45) is 0 Å². The first-order valence-corrected chi connectivity index (χ1v) is 8.04. The number of nitrogens with one attached hydrogen (secondary N) is 2. The molecule has 0 atom stereocenters. The minimum absolute atomic E-state index is 0.212. The highest BCUT2D eigenvalue weighted by Crippen LogP contribution is 2.23. The van der Waals surface area contributed by atoms with Crippen LogP contribution in [-0.2, 0) is 0 Å². The van der Waals surface area contributed by atoms with Gasteiger partial charge in [-0.2, -0.15) is 0 Å². The number of benzene rings is 2. The van der Waals surface area contributed by atoms with Crippen LogP contribution in [0.2, 0.25) is 5.02 Å². The highest BCUT2D eigenvalue weighted by molar-refractivity contribution is 6.31. The minimum Gasteiger partial charge on any atom is -0.347 e. The first kappa shape index (κ1) is 18.0. The van der Waals surface area contributed by atoms with Crippen molar-refractivity contribution >= 4 is 29.1 Å². The third-order valence-electron chi connectivity index (χ3n) is 3.39. The highest BCUT2D eigenvalue weighted by atomic mass is 35.5. The van der Waals surface area contributed by atoms with Gasteiger partial charge in [0.1, 0.15) is 0 Å². The predicted molar refractivity (Wildman–Crippen MR) is 97.8 cm³/mol. The molecule has 0 radical (unpaired) electrons. The molecule has 0 unspecified atom stereocenters. The average molecular weight is 345 g/mol. The maximum Gasteiger partial charge on any atom is 0.255 e. The van der Waals surface area contributed by atoms with Crippen molar-refractivity contribution in [1.29, 1.82) is 0 Å². The lowest BCUT2D eigenvalue weighted by atomic mass is 10.1. The van der Waals surface area contributed by atoms with Crippen molar-refractivity contribution in [3.05, 3.63) is 64.2 Å². The summed E-state index contributed by atoms with van der Waals surface area (Å²) in [5, 5.41) is 6.30. The maximum absolute atomic E-state index is 12.5. The van der Waals surface area contributed by atoms with Gasteiger partial charge >= 0.3 is 0 Å². The lowest BCUT2D eigenvalue weighted by molar-refractivity contribution is 0.0919. The highest BCUT2D eigenvalue weighted by Gasteiger charge is 2.17. The van der Waals surface area contributed by atoms with Crippen molar-refractivity contribution in [3.8, 4) is 0 Å². The zero-order chi connectivity index (χ0) is 17.9. The van der Waals surface area contributed by atoms with Crippen LogP contribution in [0, 0.1) is 6.92 Å². The molecule has 0 aliphatic heterocycles. The Bertz CT molecular complexity index is 779. The van der Waals surface area contributed by atoms with Gasteiger partial charge in [-0.3, -0.25) is 9.59 Å². The second-order valence-corrected chi connectivity index (χ2v) is 7.06. The third kappa shape index (κ3) is 4.59. The molecule has 0 aliphatic rings. The summed E-state index contributed by atoms with van der Waals surface area (Å²) in [7, 11) is 0. The van der Waals surface area contributed by atoms with Gasteiger partial charge in [-0.1, -0.05) is 23.7 Å². The maximum atomic E-state index is 12.5. The summed E-state index contributed by atoms with van der Waals surface area (Å²) >= 11 is 6.07. The second-order valence-electron chi connectivity index (χ2n) is 6.65. The Kier molecular flexibility index (Phi) is 5.30. The minimum atomic E-state index is -0.340. The predicted octanol–water partition coefficient (Wildman–Crippen LogP) is 4.43. The summed E-state index contributed by atoms with van der Waals surface area (Å²) in [5.41, 5.74) is 1.97. The Balaban J connectivity index is 2.20. The normalized spacial score (nSPS) is 11.0. The van der Waals surface area contributed by atoms with Crippen LogP contribution in [0.1, 0.15) is 47.1 Å². The van der Waals surface area contributed by atoms with Crippen molar-refractivity contribution in [2.45, 2.75) is 33.2 Å². The molecule has 2 N–H and O–H groups in total. The lowest BCUT2D eigenvalue weighted by Gasteiger charge is -2.20. The Hall–Kier alpha value is -2.33. The van der Waals surface area contributed by atoms with Gasteiger partial charge in [0.25, 0.3) is 11.8 Å². The van der Waals surface area contributed by atoms with E-state index in [9.17, 15) is 9.59 Å². The number of carbonyl (C=O) groups excluding carboxylic acids is 2. The number of amides is 2. The summed E-state index contributed by atoms with van der Waals surface area (Å²) in [6, 6.07) is 12.0. The van der Waals surface area contributed by atoms with Crippen LogP contribution >= 0.6 is 11.6 Å². The Morgan fingerprint density at radius 3 is 2.17 bits per heavy atom. The van der Waals surface area contributed by atoms with Crippen LogP contribution in [0.15, 0.2) is 42.5 Å². The molecule has 0 bridgehead atoms. The van der Waals surface area contributed by atoms with Crippen LogP contribution < -0.4 is 10.6 Å². The van der Waals surface area contributed by atoms with E-state index in [1.54, 1.807) is 42.5 Å². The van der Waals surface area contributed by atoms with E-state index in [2.05, 4.69) is 10.6 Å². The Morgan fingerprint density at radius 1 is 0.958 bits per heavy atom. The molecule has 4 nitrogen and oxygen atoms in total. The third-order valence-corrected chi connectivity index (χ3v) is 3.80. The summed E-state index contributed by atoms with van der Waals surface area (Å²) in [6.07, 6.45) is 0. The van der Waals surface area contributed by atoms with Gasteiger partial charge in [0, 0.05) is 27.4 Å². The molecule has 126 valence electrons. The molecule has 2 aromatic carbocycles. The van der Waals surface area contributed by atoms with Gasteiger partial charge < -0.3 is 10.6 Å². The van der Waals surface area contributed by atoms with Crippen molar-refractivity contribution in [1.82, 2.24) is 5.32 Å². The molecule has 0 saturated heterocycles. The van der Waals surface area contributed by atoms with Crippen molar-refractivity contribution < 1.29 is 9.59 Å². The average Bonchev–Trinajstić information content (AvgIpc) is 2.50. The molecule has 2 amide bonds. The number of anilines is 1. The Labute approximate surface area is 147 Å². The molecular weight excluding hydrogens is 324 g/mol. The standard InChI is InChI=1S/C19H21ClN2O2/c1-12-15(20)9-6-10-16(12)21-17(23)13-7-5-8-14(11-13)18(24)22-19(2,3)4/h5-11H,1-4H3,(H,21,23)(H,22,24). The first-order chi connectivity index (χ1) is 11.2. The smallest absolute Gasteiger partial charge is 0.255 e. The fourth-order valence-electron chi connectivity index (χ4n) is 2.15. The number of rotatable bonds is 3. The molecule has 0 aliphatic carbocycles. The van der Waals surface area contributed by atoms with Crippen LogP contribution in [-0.4, -0.2) is 17.4 Å². The summed E-state index contributed by atoms with van der Waals surface area (Å²) in [6.45, 7) is 7.56. The van der Waals surface area contributed by atoms with Crippen LogP contribution in [0.4, 0.5) is 5.69 Å². The van der Waals surface area contributed by atoms with E-state index in [0.29, 0.717) is 21.8 Å². The molecule has 0 heterocycles. The molecule has 0 fully saturated rings. The van der Waals surface area contributed by atoms with E-state index in [0.717, 1.165) is 5.56 Å². The van der Waals surface area contributed by atoms with Gasteiger partial charge in [0.15, 0.2) is 0 Å². The largest absolute Gasteiger partial charge is 0.347 e. The van der Waals surface area contributed by atoms with Gasteiger partial charge in [-0.25, -0.2) is 0 Å². The molecular formula is C19H21ClN2O2. The molecule has 2 rings (SSSR count). The topological polar surface area (TPSA) is 58.2 Å². The Morgan fingerprint density at radius 2 is 1.54 bits per heavy atom. The van der Waals surface area contributed by atoms with E-state index in [1.807, 2.05) is 27.7 Å². The van der Waals surface area contributed by atoms with E-state index < -0.39 is 0 Å². The first-order valence-electron chi connectivity index (χ1n) is 7.66. The number of hydrogen-bond donors (Lipinski definition) is 2. The SMILES string of the molecule is Cc1c(Cl)cccc1NC(=O)c1cccc(C(=O)NC(C)(C)C)c1. The quantitative estimate of drug-likeness (QED) is 0.865. The fraction of sp³-hybridized carbons (Fsp3) is 0.263. The van der Waals surface area contributed by atoms with E-state index in [-0.39, 0.29) is 17.4 Å². The molecule has 0 aromatic heterocycles. The van der Waals surface area contributed by atoms with Crippen molar-refractivity contribution in [2.75, 3.05) is 5.32 Å². The molecule has 0 spiro atoms. The molecule has 0 saturated carbocycles. The zero-order valence-corrected chi connectivity index (χ0v) is 15.0. The van der Waals surface area contributed by atoms with Crippen LogP contribution in [0.3, 0.4) is 0 Å². The summed E-state index contributed by atoms with van der Waals surface area (Å²) in [4.78, 5) is 24.7. The van der Waals surface area contributed by atoms with Gasteiger partial charge in [-0.15, -0.1) is 0 Å². The van der Waals surface area contributed by atoms with E-state index in [1.165, 1.54) is 0 Å². The van der Waals surface area contributed by atoms with Gasteiger partial charge in [0.2, 0.25) is 0 Å². The molecule has 2 aromatic rings. The molecule has 24 heavy (non-hydrogen) atoms. The monoisotopic (exact) mass is 344 g/mol. The van der Waals surface area contributed by atoms with Gasteiger partial charge in [0.05, 0.1) is 0 Å². The van der Waals surface area contributed by atoms with Gasteiger partial charge in [-0.05, 0) is 63.6 Å². The summed E-state index contributed by atoms with van der Waals surface area (Å²) < 4.78 is 0. The zero-order valence-electron chi connectivity index (χ0n) is 14.2. The van der Waals surface area contributed by atoms with Crippen LogP contribution in [0.25, 0.3) is 0 Å². The lowest BCUT2D eigenvalue weighted by Crippen LogP contribution is -2.40. The number of carbonyl (C=O) groups is 2. The van der Waals surface area contributed by atoms with E-state index >= 15 is 0 Å². The van der Waals surface area contributed by atoms with Crippen molar-refractivity contribution in [3.63, 3.8) is 0 Å². The molecule has 5 heteroatoms. The number of halogens is 1. The van der Waals surface area contributed by atoms with E-state index in [4.69, 9.17) is 11.6 Å². The van der Waals surface area contributed by atoms with Crippen LogP contribution in [0.5, 0.6) is 0 Å². The fourth-order valence-corrected chi connectivity index (χ4v) is 2.33.